The quantitative estimate of drug-likeness (QED) is 0.601. The molecule has 7 heteroatoms. The Balaban J connectivity index is 1.67. The van der Waals surface area contributed by atoms with Crippen molar-refractivity contribution >= 4 is 22.5 Å². The molecule has 0 bridgehead atoms. The lowest BCUT2D eigenvalue weighted by Crippen LogP contribution is -2.13. The van der Waals surface area contributed by atoms with E-state index in [2.05, 4.69) is 25.3 Å². The summed E-state index contributed by atoms with van der Waals surface area (Å²) in [6, 6.07) is 12.4. The zero-order valence-corrected chi connectivity index (χ0v) is 12.9. The van der Waals surface area contributed by atoms with Crippen LogP contribution in [-0.4, -0.2) is 19.9 Å². The Morgan fingerprint density at radius 1 is 1.04 bits per heavy atom. The summed E-state index contributed by atoms with van der Waals surface area (Å²) in [6.07, 6.45) is 4.35. The van der Waals surface area contributed by atoms with E-state index in [1.54, 1.807) is 18.5 Å². The van der Waals surface area contributed by atoms with Gasteiger partial charge in [0.15, 0.2) is 5.65 Å². The van der Waals surface area contributed by atoms with Gasteiger partial charge in [0.25, 0.3) is 0 Å². The Kier molecular flexibility index (Phi) is 3.66. The lowest BCUT2D eigenvalue weighted by atomic mass is 10.1. The number of hydrogen-bond donors (Lipinski definition) is 2. The average Bonchev–Trinajstić information content (AvgIpc) is 2.62. The highest BCUT2D eigenvalue weighted by Gasteiger charge is 2.06. The number of H-pyrrole nitrogens is 1. The third kappa shape index (κ3) is 3.07. The standard InChI is InChI=1S/C18H12FN5O/c19-13-8-12(9-20-10-13)11-3-5-14(6-4-11)22-17-15-2-1-7-21-16(15)23-18(25)24-17/h1-10H,(H2,21,22,23,24,25). The summed E-state index contributed by atoms with van der Waals surface area (Å²) in [5.41, 5.74) is 2.19. The Bertz CT molecular complexity index is 1110. The molecule has 0 fully saturated rings. The summed E-state index contributed by atoms with van der Waals surface area (Å²) in [4.78, 5) is 26.1. The molecule has 0 amide bonds. The maximum atomic E-state index is 13.3. The van der Waals surface area contributed by atoms with Crippen LogP contribution in [0.25, 0.3) is 22.2 Å². The largest absolute Gasteiger partial charge is 0.348 e. The Hall–Kier alpha value is -3.61. The van der Waals surface area contributed by atoms with Crippen molar-refractivity contribution in [3.05, 3.63) is 77.4 Å². The van der Waals surface area contributed by atoms with Gasteiger partial charge in [-0.3, -0.25) is 9.97 Å². The fraction of sp³-hybridized carbons (Fsp3) is 0. The smallest absolute Gasteiger partial charge is 0.341 e. The minimum absolute atomic E-state index is 0.371. The summed E-state index contributed by atoms with van der Waals surface area (Å²) in [6.45, 7) is 0. The maximum Gasteiger partial charge on any atom is 0.348 e. The second-order valence-electron chi connectivity index (χ2n) is 5.39. The fourth-order valence-corrected chi connectivity index (χ4v) is 2.54. The molecule has 3 heterocycles. The molecule has 25 heavy (non-hydrogen) atoms. The van der Waals surface area contributed by atoms with E-state index < -0.39 is 5.69 Å². The molecule has 0 radical (unpaired) electrons. The number of fused-ring (bicyclic) bond motifs is 1. The van der Waals surface area contributed by atoms with E-state index >= 15 is 0 Å². The van der Waals surface area contributed by atoms with Crippen molar-refractivity contribution in [2.24, 2.45) is 0 Å². The highest BCUT2D eigenvalue weighted by atomic mass is 19.1. The normalized spacial score (nSPS) is 10.8. The Labute approximate surface area is 141 Å². The van der Waals surface area contributed by atoms with Gasteiger partial charge in [0, 0.05) is 23.6 Å². The van der Waals surface area contributed by atoms with Crippen LogP contribution in [0.1, 0.15) is 0 Å². The molecule has 4 rings (SSSR count). The predicted octanol–water partition coefficient (Wildman–Crippen LogP) is 3.26. The van der Waals surface area contributed by atoms with Gasteiger partial charge in [0.05, 0.1) is 11.6 Å². The number of benzene rings is 1. The van der Waals surface area contributed by atoms with Crippen molar-refractivity contribution in [1.82, 2.24) is 19.9 Å². The zero-order chi connectivity index (χ0) is 17.2. The molecule has 3 aromatic heterocycles. The molecule has 4 aromatic rings. The van der Waals surface area contributed by atoms with Crippen molar-refractivity contribution in [1.29, 1.82) is 0 Å². The van der Waals surface area contributed by atoms with Crippen molar-refractivity contribution in [2.45, 2.75) is 0 Å². The Morgan fingerprint density at radius 3 is 2.68 bits per heavy atom. The highest BCUT2D eigenvalue weighted by molar-refractivity contribution is 5.88. The summed E-state index contributed by atoms with van der Waals surface area (Å²) < 4.78 is 13.3. The number of nitrogens with one attached hydrogen (secondary N) is 2. The van der Waals surface area contributed by atoms with Gasteiger partial charge < -0.3 is 5.32 Å². The Morgan fingerprint density at radius 2 is 1.88 bits per heavy atom. The van der Waals surface area contributed by atoms with Crippen LogP contribution in [-0.2, 0) is 0 Å². The average molecular weight is 333 g/mol. The van der Waals surface area contributed by atoms with Crippen LogP contribution in [0.4, 0.5) is 15.9 Å². The molecule has 0 aliphatic heterocycles. The highest BCUT2D eigenvalue weighted by Crippen LogP contribution is 2.24. The zero-order valence-electron chi connectivity index (χ0n) is 12.9. The van der Waals surface area contributed by atoms with E-state index in [1.165, 1.54) is 12.3 Å². The van der Waals surface area contributed by atoms with E-state index in [0.717, 1.165) is 11.3 Å². The number of hydrogen-bond acceptors (Lipinski definition) is 5. The number of nitrogens with zero attached hydrogens (tertiary/aromatic N) is 3. The van der Waals surface area contributed by atoms with Crippen LogP contribution >= 0.6 is 0 Å². The molecule has 0 atom stereocenters. The van der Waals surface area contributed by atoms with Gasteiger partial charge in [-0.05, 0) is 35.9 Å². The monoisotopic (exact) mass is 333 g/mol. The minimum Gasteiger partial charge on any atom is -0.341 e. The molecule has 0 unspecified atom stereocenters. The minimum atomic E-state index is -0.476. The van der Waals surface area contributed by atoms with E-state index in [-0.39, 0.29) is 5.82 Å². The second-order valence-corrected chi connectivity index (χ2v) is 5.39. The number of aromatic amines is 1. The molecule has 2 N–H and O–H groups in total. The molecule has 0 aliphatic rings. The first-order chi connectivity index (χ1) is 12.2. The van der Waals surface area contributed by atoms with E-state index in [1.807, 2.05) is 30.3 Å². The third-order valence-electron chi connectivity index (χ3n) is 3.69. The molecular weight excluding hydrogens is 321 g/mol. The predicted molar refractivity (Wildman–Crippen MR) is 93.1 cm³/mol. The molecule has 6 nitrogen and oxygen atoms in total. The van der Waals surface area contributed by atoms with E-state index in [4.69, 9.17) is 0 Å². The number of halogens is 1. The summed E-state index contributed by atoms with van der Waals surface area (Å²) in [5.74, 6) is 0.135. The van der Waals surface area contributed by atoms with Gasteiger partial charge in [0.2, 0.25) is 0 Å². The lowest BCUT2D eigenvalue weighted by molar-refractivity contribution is 0.622. The fourth-order valence-electron chi connectivity index (χ4n) is 2.54. The van der Waals surface area contributed by atoms with Gasteiger partial charge in [-0.15, -0.1) is 0 Å². The summed E-state index contributed by atoms with van der Waals surface area (Å²) in [7, 11) is 0. The molecule has 1 aromatic carbocycles. The number of pyridine rings is 2. The van der Waals surface area contributed by atoms with Crippen LogP contribution in [0.5, 0.6) is 0 Å². The van der Waals surface area contributed by atoms with Crippen LogP contribution < -0.4 is 11.0 Å². The van der Waals surface area contributed by atoms with Gasteiger partial charge in [0.1, 0.15) is 11.6 Å². The van der Waals surface area contributed by atoms with Gasteiger partial charge in [-0.2, -0.15) is 4.98 Å². The SMILES string of the molecule is O=c1nc2ncccc2c(Nc2ccc(-c3cncc(F)c3)cc2)[nH]1. The first-order valence-electron chi connectivity index (χ1n) is 7.52. The molecule has 0 saturated heterocycles. The number of aromatic nitrogens is 4. The van der Waals surface area contributed by atoms with Crippen LogP contribution in [0.2, 0.25) is 0 Å². The second kappa shape index (κ2) is 6.12. The first kappa shape index (κ1) is 14.9. The van der Waals surface area contributed by atoms with Crippen LogP contribution in [0.3, 0.4) is 0 Å². The molecule has 0 aliphatic carbocycles. The molecule has 0 saturated carbocycles. The molecular formula is C18H12FN5O. The lowest BCUT2D eigenvalue weighted by Gasteiger charge is -2.09. The van der Waals surface area contributed by atoms with Gasteiger partial charge in [-0.1, -0.05) is 12.1 Å². The summed E-state index contributed by atoms with van der Waals surface area (Å²) >= 11 is 0. The van der Waals surface area contributed by atoms with Crippen LogP contribution in [0.15, 0.2) is 65.8 Å². The van der Waals surface area contributed by atoms with Crippen molar-refractivity contribution in [3.8, 4) is 11.1 Å². The van der Waals surface area contributed by atoms with E-state index in [9.17, 15) is 9.18 Å². The van der Waals surface area contributed by atoms with E-state index in [0.29, 0.717) is 22.4 Å². The number of anilines is 2. The van der Waals surface area contributed by atoms with Crippen molar-refractivity contribution in [2.75, 3.05) is 5.32 Å². The van der Waals surface area contributed by atoms with Crippen LogP contribution in [0, 0.1) is 5.82 Å². The first-order valence-corrected chi connectivity index (χ1v) is 7.52. The third-order valence-corrected chi connectivity index (χ3v) is 3.69. The molecule has 122 valence electrons. The van der Waals surface area contributed by atoms with Crippen molar-refractivity contribution < 1.29 is 4.39 Å². The summed E-state index contributed by atoms with van der Waals surface area (Å²) in [5, 5.41) is 3.86. The molecule has 0 spiro atoms. The van der Waals surface area contributed by atoms with Gasteiger partial charge in [-0.25, -0.2) is 14.2 Å². The maximum absolute atomic E-state index is 13.3. The topological polar surface area (TPSA) is 83.6 Å². The van der Waals surface area contributed by atoms with Crippen molar-refractivity contribution in [3.63, 3.8) is 0 Å². The number of rotatable bonds is 3. The van der Waals surface area contributed by atoms with Gasteiger partial charge >= 0.3 is 5.69 Å².